The second kappa shape index (κ2) is 3.09. The maximum absolute atomic E-state index is 9.21. The topological polar surface area (TPSA) is 20.2 Å². The molecule has 1 rings (SSSR count). The van der Waals surface area contributed by atoms with Crippen molar-refractivity contribution < 1.29 is 5.11 Å². The Morgan fingerprint density at radius 2 is 2.00 bits per heavy atom. The predicted molar refractivity (Wildman–Crippen MR) is 53.3 cm³/mol. The van der Waals surface area contributed by atoms with E-state index in [2.05, 4.69) is 42.8 Å². The highest BCUT2D eigenvalue weighted by Gasteiger charge is 2.14. The molecule has 0 atom stereocenters. The van der Waals surface area contributed by atoms with E-state index in [0.717, 1.165) is 5.56 Å². The van der Waals surface area contributed by atoms with E-state index in [9.17, 15) is 5.11 Å². The van der Waals surface area contributed by atoms with Gasteiger partial charge in [-0.05, 0) is 39.0 Å². The van der Waals surface area contributed by atoms with Gasteiger partial charge in [0.25, 0.3) is 0 Å². The minimum absolute atomic E-state index is 0.104. The van der Waals surface area contributed by atoms with E-state index >= 15 is 0 Å². The number of aromatic hydroxyl groups is 1. The Labute approximate surface area is 81.6 Å². The summed E-state index contributed by atoms with van der Waals surface area (Å²) in [6, 6.07) is 6.53. The smallest absolute Gasteiger partial charge is 0.137 e. The summed E-state index contributed by atoms with van der Waals surface area (Å²) in [5.74, 6) is 0.169. The van der Waals surface area contributed by atoms with Gasteiger partial charge in [-0.1, -0.05) is 20.8 Å². The maximum atomic E-state index is 9.21. The molecule has 0 bridgehead atoms. The summed E-state index contributed by atoms with van der Waals surface area (Å²) in [4.78, 5) is 0. The van der Waals surface area contributed by atoms with Crippen LogP contribution in [0.25, 0.3) is 0 Å². The molecule has 0 spiro atoms. The Balaban J connectivity index is 3.14. The summed E-state index contributed by atoms with van der Waals surface area (Å²) in [7, 11) is 0. The SMILES string of the molecule is CC(C)(C)c1c[c]c(O)c(Br)c1. The molecule has 0 unspecified atom stereocenters. The third kappa shape index (κ3) is 2.01. The largest absolute Gasteiger partial charge is 0.506 e. The molecule has 1 N–H and O–H groups in total. The molecule has 1 aromatic rings. The molecule has 0 aliphatic carbocycles. The zero-order valence-corrected chi connectivity index (χ0v) is 9.07. The van der Waals surface area contributed by atoms with E-state index < -0.39 is 0 Å². The second-order valence-corrected chi connectivity index (χ2v) is 4.69. The van der Waals surface area contributed by atoms with E-state index in [1.165, 1.54) is 0 Å². The average molecular weight is 228 g/mol. The number of phenols is 1. The van der Waals surface area contributed by atoms with Gasteiger partial charge in [-0.25, -0.2) is 0 Å². The van der Waals surface area contributed by atoms with Crippen LogP contribution < -0.4 is 0 Å². The summed E-state index contributed by atoms with van der Waals surface area (Å²) in [6.07, 6.45) is 0. The maximum Gasteiger partial charge on any atom is 0.137 e. The summed E-state index contributed by atoms with van der Waals surface area (Å²) in [6.45, 7) is 6.37. The summed E-state index contributed by atoms with van der Waals surface area (Å²) < 4.78 is 0.704. The molecule has 2 heteroatoms. The molecule has 0 heterocycles. The first-order chi connectivity index (χ1) is 5.41. The number of benzene rings is 1. The molecular weight excluding hydrogens is 216 g/mol. The number of phenolic OH excluding ortho intramolecular Hbond substituents is 1. The number of hydrogen-bond donors (Lipinski definition) is 1. The van der Waals surface area contributed by atoms with Crippen LogP contribution in [-0.2, 0) is 5.41 Å². The van der Waals surface area contributed by atoms with Gasteiger partial charge in [-0.2, -0.15) is 0 Å². The lowest BCUT2D eigenvalue weighted by molar-refractivity contribution is 0.469. The second-order valence-electron chi connectivity index (χ2n) is 3.83. The highest BCUT2D eigenvalue weighted by atomic mass is 79.9. The zero-order valence-electron chi connectivity index (χ0n) is 7.48. The molecule has 12 heavy (non-hydrogen) atoms. The first-order valence-corrected chi connectivity index (χ1v) is 4.61. The lowest BCUT2D eigenvalue weighted by atomic mass is 9.87. The van der Waals surface area contributed by atoms with Crippen LogP contribution >= 0.6 is 15.9 Å². The quantitative estimate of drug-likeness (QED) is 0.722. The standard InChI is InChI=1S/C10H12BrO/c1-10(2,3)7-4-5-9(12)8(11)6-7/h4,6,12H,1-3H3. The van der Waals surface area contributed by atoms with Gasteiger partial charge in [0, 0.05) is 6.07 Å². The van der Waals surface area contributed by atoms with Gasteiger partial charge in [0.05, 0.1) is 4.47 Å². The fraction of sp³-hybridized carbons (Fsp3) is 0.400. The zero-order chi connectivity index (χ0) is 9.35. The van der Waals surface area contributed by atoms with Gasteiger partial charge in [0.2, 0.25) is 0 Å². The first-order valence-electron chi connectivity index (χ1n) is 3.82. The van der Waals surface area contributed by atoms with Crippen LogP contribution in [-0.4, -0.2) is 5.11 Å². The summed E-state index contributed by atoms with van der Waals surface area (Å²) in [5.41, 5.74) is 1.26. The van der Waals surface area contributed by atoms with E-state index in [-0.39, 0.29) is 11.2 Å². The average Bonchev–Trinajstić information content (AvgIpc) is 1.92. The molecule has 1 nitrogen and oxygen atoms in total. The van der Waals surface area contributed by atoms with Gasteiger partial charge in [0.15, 0.2) is 0 Å². The molecule has 0 saturated carbocycles. The highest BCUT2D eigenvalue weighted by molar-refractivity contribution is 9.10. The van der Waals surface area contributed by atoms with Crippen LogP contribution in [0.4, 0.5) is 0 Å². The summed E-state index contributed by atoms with van der Waals surface area (Å²) in [5, 5.41) is 9.21. The Hall–Kier alpha value is -0.500. The van der Waals surface area contributed by atoms with Crippen molar-refractivity contribution in [3.8, 4) is 5.75 Å². The Morgan fingerprint density at radius 1 is 1.42 bits per heavy atom. The molecule has 0 aliphatic heterocycles. The lowest BCUT2D eigenvalue weighted by Gasteiger charge is -2.19. The van der Waals surface area contributed by atoms with Crippen LogP contribution in [0.3, 0.4) is 0 Å². The minimum atomic E-state index is 0.104. The van der Waals surface area contributed by atoms with Gasteiger partial charge >= 0.3 is 0 Å². The number of halogens is 1. The molecule has 0 saturated heterocycles. The van der Waals surface area contributed by atoms with Crippen LogP contribution in [0.15, 0.2) is 16.6 Å². The van der Waals surface area contributed by atoms with Crippen LogP contribution in [0.5, 0.6) is 5.75 Å². The van der Waals surface area contributed by atoms with Crippen LogP contribution in [0.2, 0.25) is 0 Å². The number of hydrogen-bond acceptors (Lipinski definition) is 1. The number of rotatable bonds is 0. The molecule has 65 valence electrons. The molecule has 1 aromatic carbocycles. The van der Waals surface area contributed by atoms with Crippen molar-refractivity contribution in [1.29, 1.82) is 0 Å². The van der Waals surface area contributed by atoms with E-state index in [4.69, 9.17) is 0 Å². The fourth-order valence-electron chi connectivity index (χ4n) is 0.895. The van der Waals surface area contributed by atoms with Gasteiger partial charge < -0.3 is 5.11 Å². The van der Waals surface area contributed by atoms with Crippen molar-refractivity contribution in [1.82, 2.24) is 0 Å². The van der Waals surface area contributed by atoms with E-state index in [1.54, 1.807) is 0 Å². The van der Waals surface area contributed by atoms with Gasteiger partial charge in [-0.15, -0.1) is 0 Å². The van der Waals surface area contributed by atoms with Crippen molar-refractivity contribution in [3.05, 3.63) is 28.2 Å². The van der Waals surface area contributed by atoms with Crippen molar-refractivity contribution in [2.24, 2.45) is 0 Å². The third-order valence-corrected chi connectivity index (χ3v) is 2.34. The molecular formula is C10H12BrO. The van der Waals surface area contributed by atoms with Crippen LogP contribution in [0.1, 0.15) is 26.3 Å². The first kappa shape index (κ1) is 9.59. The van der Waals surface area contributed by atoms with E-state index in [0.29, 0.717) is 4.47 Å². The normalized spacial score (nSPS) is 11.7. The fourth-order valence-corrected chi connectivity index (χ4v) is 1.26. The Bertz CT molecular complexity index is 286. The molecule has 0 amide bonds. The predicted octanol–water partition coefficient (Wildman–Crippen LogP) is 3.25. The molecule has 0 aliphatic rings. The van der Waals surface area contributed by atoms with Crippen LogP contribution in [0, 0.1) is 6.07 Å². The van der Waals surface area contributed by atoms with E-state index in [1.807, 2.05) is 12.1 Å². The highest BCUT2D eigenvalue weighted by Crippen LogP contribution is 2.29. The lowest BCUT2D eigenvalue weighted by Crippen LogP contribution is -2.10. The van der Waals surface area contributed by atoms with Gasteiger partial charge in [-0.3, -0.25) is 0 Å². The monoisotopic (exact) mass is 227 g/mol. The molecule has 0 fully saturated rings. The molecule has 0 aromatic heterocycles. The minimum Gasteiger partial charge on any atom is -0.506 e. The summed E-state index contributed by atoms with van der Waals surface area (Å²) >= 11 is 3.26. The van der Waals surface area contributed by atoms with Crippen molar-refractivity contribution >= 4 is 15.9 Å². The van der Waals surface area contributed by atoms with Crippen molar-refractivity contribution in [3.63, 3.8) is 0 Å². The third-order valence-electron chi connectivity index (χ3n) is 1.74. The Morgan fingerprint density at radius 3 is 2.42 bits per heavy atom. The Kier molecular flexibility index (Phi) is 2.47. The van der Waals surface area contributed by atoms with Crippen molar-refractivity contribution in [2.45, 2.75) is 26.2 Å². The van der Waals surface area contributed by atoms with Gasteiger partial charge in [0.1, 0.15) is 5.75 Å². The molecule has 1 radical (unpaired) electrons. The van der Waals surface area contributed by atoms with Crippen molar-refractivity contribution in [2.75, 3.05) is 0 Å².